The van der Waals surface area contributed by atoms with Crippen LogP contribution in [0, 0.1) is 18.8 Å². The number of hydrogen-bond acceptors (Lipinski definition) is 2. The third kappa shape index (κ3) is 4.60. The van der Waals surface area contributed by atoms with Crippen LogP contribution >= 0.6 is 0 Å². The molecule has 2 aromatic rings. The van der Waals surface area contributed by atoms with Crippen molar-refractivity contribution in [2.45, 2.75) is 33.2 Å². The van der Waals surface area contributed by atoms with Crippen LogP contribution in [0.25, 0.3) is 0 Å². The lowest BCUT2D eigenvalue weighted by Crippen LogP contribution is -2.13. The summed E-state index contributed by atoms with van der Waals surface area (Å²) in [5, 5.41) is 3.35. The van der Waals surface area contributed by atoms with E-state index in [9.17, 15) is 0 Å². The molecule has 2 rings (SSSR count). The van der Waals surface area contributed by atoms with Gasteiger partial charge < -0.3 is 9.73 Å². The lowest BCUT2D eigenvalue weighted by Gasteiger charge is -1.99. The number of rotatable bonds is 5. The van der Waals surface area contributed by atoms with Gasteiger partial charge in [0.2, 0.25) is 0 Å². The maximum Gasteiger partial charge on any atom is 0.177 e. The van der Waals surface area contributed by atoms with Crippen molar-refractivity contribution >= 4 is 0 Å². The van der Waals surface area contributed by atoms with Gasteiger partial charge in [0.25, 0.3) is 0 Å². The zero-order valence-corrected chi connectivity index (χ0v) is 12.2. The first-order valence-corrected chi connectivity index (χ1v) is 7.16. The highest BCUT2D eigenvalue weighted by Gasteiger charge is 1.98. The van der Waals surface area contributed by atoms with Crippen LogP contribution < -0.4 is 5.32 Å². The lowest BCUT2D eigenvalue weighted by molar-refractivity contribution is 0.472. The SMILES string of the molecule is CCCCNCc1ccc(C#Cc2ccc(C)cc2)o1. The normalized spacial score (nSPS) is 10.1. The minimum Gasteiger partial charge on any atom is -0.451 e. The maximum absolute atomic E-state index is 5.67. The number of unbranched alkanes of at least 4 members (excludes halogenated alkanes) is 1. The molecule has 0 saturated heterocycles. The van der Waals surface area contributed by atoms with Crippen LogP contribution in [0.4, 0.5) is 0 Å². The molecule has 104 valence electrons. The lowest BCUT2D eigenvalue weighted by atomic mass is 10.1. The van der Waals surface area contributed by atoms with E-state index < -0.39 is 0 Å². The third-order valence-electron chi connectivity index (χ3n) is 3.05. The average Bonchev–Trinajstić information content (AvgIpc) is 2.91. The van der Waals surface area contributed by atoms with Crippen molar-refractivity contribution in [2.75, 3.05) is 6.54 Å². The molecule has 2 heteroatoms. The highest BCUT2D eigenvalue weighted by molar-refractivity contribution is 5.40. The Hall–Kier alpha value is -1.98. The largest absolute Gasteiger partial charge is 0.451 e. The fourth-order valence-electron chi connectivity index (χ4n) is 1.82. The molecular formula is C18H21NO. The van der Waals surface area contributed by atoms with Gasteiger partial charge in [0.05, 0.1) is 6.54 Å². The van der Waals surface area contributed by atoms with Crippen LogP contribution in [0.3, 0.4) is 0 Å². The predicted molar refractivity (Wildman–Crippen MR) is 82.5 cm³/mol. The molecule has 20 heavy (non-hydrogen) atoms. The molecule has 0 aliphatic heterocycles. The van der Waals surface area contributed by atoms with Gasteiger partial charge >= 0.3 is 0 Å². The summed E-state index contributed by atoms with van der Waals surface area (Å²) >= 11 is 0. The monoisotopic (exact) mass is 267 g/mol. The van der Waals surface area contributed by atoms with Crippen LogP contribution in [-0.4, -0.2) is 6.54 Å². The second-order valence-corrected chi connectivity index (χ2v) is 4.91. The Morgan fingerprint density at radius 2 is 1.85 bits per heavy atom. The van der Waals surface area contributed by atoms with Gasteiger partial charge in [0.1, 0.15) is 5.76 Å². The van der Waals surface area contributed by atoms with Gasteiger partial charge in [-0.15, -0.1) is 0 Å². The first-order valence-electron chi connectivity index (χ1n) is 7.16. The molecule has 2 nitrogen and oxygen atoms in total. The maximum atomic E-state index is 5.67. The van der Waals surface area contributed by atoms with Crippen LogP contribution in [0.5, 0.6) is 0 Å². The van der Waals surface area contributed by atoms with E-state index in [0.717, 1.165) is 30.2 Å². The Kier molecular flexibility index (Phi) is 5.46. The topological polar surface area (TPSA) is 25.2 Å². The number of furan rings is 1. The quantitative estimate of drug-likeness (QED) is 0.657. The molecule has 0 atom stereocenters. The fraction of sp³-hybridized carbons (Fsp3) is 0.333. The van der Waals surface area contributed by atoms with Crippen molar-refractivity contribution < 1.29 is 4.42 Å². The van der Waals surface area contributed by atoms with E-state index in [1.165, 1.54) is 18.4 Å². The van der Waals surface area contributed by atoms with Crippen LogP contribution in [0.1, 0.15) is 42.4 Å². The van der Waals surface area contributed by atoms with Crippen LogP contribution in [-0.2, 0) is 6.54 Å². The van der Waals surface area contributed by atoms with Gasteiger partial charge in [-0.25, -0.2) is 0 Å². The molecule has 0 unspecified atom stereocenters. The first-order chi connectivity index (χ1) is 9.78. The molecule has 0 amide bonds. The van der Waals surface area contributed by atoms with E-state index >= 15 is 0 Å². The van der Waals surface area contributed by atoms with E-state index in [2.05, 4.69) is 43.1 Å². The van der Waals surface area contributed by atoms with Crippen LogP contribution in [0.2, 0.25) is 0 Å². The molecule has 1 aromatic carbocycles. The van der Waals surface area contributed by atoms with Gasteiger partial charge in [-0.3, -0.25) is 0 Å². The summed E-state index contributed by atoms with van der Waals surface area (Å²) in [7, 11) is 0. The predicted octanol–water partition coefficient (Wildman–Crippen LogP) is 3.88. The van der Waals surface area contributed by atoms with E-state index in [4.69, 9.17) is 4.42 Å². The van der Waals surface area contributed by atoms with Crippen molar-refractivity contribution in [2.24, 2.45) is 0 Å². The first kappa shape index (κ1) is 14.4. The van der Waals surface area contributed by atoms with E-state index in [1.807, 2.05) is 24.3 Å². The van der Waals surface area contributed by atoms with Crippen molar-refractivity contribution in [3.05, 3.63) is 59.0 Å². The number of nitrogens with one attached hydrogen (secondary N) is 1. The van der Waals surface area contributed by atoms with Crippen molar-refractivity contribution in [1.29, 1.82) is 0 Å². The molecular weight excluding hydrogens is 246 g/mol. The van der Waals surface area contributed by atoms with Gasteiger partial charge in [-0.05, 0) is 50.1 Å². The number of hydrogen-bond donors (Lipinski definition) is 1. The summed E-state index contributed by atoms with van der Waals surface area (Å²) in [5.74, 6) is 7.83. The number of aryl methyl sites for hydroxylation is 1. The molecule has 0 bridgehead atoms. The van der Waals surface area contributed by atoms with E-state index in [-0.39, 0.29) is 0 Å². The van der Waals surface area contributed by atoms with E-state index in [1.54, 1.807) is 0 Å². The molecule has 0 spiro atoms. The third-order valence-corrected chi connectivity index (χ3v) is 3.05. The van der Waals surface area contributed by atoms with Gasteiger partial charge in [-0.1, -0.05) is 37.0 Å². The number of benzene rings is 1. The molecule has 1 N–H and O–H groups in total. The summed E-state index contributed by atoms with van der Waals surface area (Å²) in [6, 6.07) is 12.1. The summed E-state index contributed by atoms with van der Waals surface area (Å²) in [5.41, 5.74) is 2.25. The average molecular weight is 267 g/mol. The zero-order chi connectivity index (χ0) is 14.2. The van der Waals surface area contributed by atoms with Crippen molar-refractivity contribution in [1.82, 2.24) is 5.32 Å². The van der Waals surface area contributed by atoms with Gasteiger partial charge in [0.15, 0.2) is 5.76 Å². The molecule has 0 aliphatic rings. The molecule has 0 radical (unpaired) electrons. The fourth-order valence-corrected chi connectivity index (χ4v) is 1.82. The van der Waals surface area contributed by atoms with E-state index in [0.29, 0.717) is 0 Å². The van der Waals surface area contributed by atoms with Crippen LogP contribution in [0.15, 0.2) is 40.8 Å². The Bertz CT molecular complexity index is 584. The molecule has 0 fully saturated rings. The summed E-state index contributed by atoms with van der Waals surface area (Å²) in [4.78, 5) is 0. The van der Waals surface area contributed by atoms with Gasteiger partial charge in [-0.2, -0.15) is 0 Å². The Labute approximate surface area is 121 Å². The highest BCUT2D eigenvalue weighted by Crippen LogP contribution is 2.07. The summed E-state index contributed by atoms with van der Waals surface area (Å²) in [6.07, 6.45) is 2.40. The zero-order valence-electron chi connectivity index (χ0n) is 12.2. The Balaban J connectivity index is 1.91. The second-order valence-electron chi connectivity index (χ2n) is 4.91. The standard InChI is InChI=1S/C18H21NO/c1-3-4-13-19-14-18-12-11-17(20-18)10-9-16-7-5-15(2)6-8-16/h5-8,11-12,19H,3-4,13-14H2,1-2H3. The van der Waals surface area contributed by atoms with Crippen molar-refractivity contribution in [3.8, 4) is 11.8 Å². The Morgan fingerprint density at radius 3 is 2.60 bits per heavy atom. The summed E-state index contributed by atoms with van der Waals surface area (Å²) in [6.45, 7) is 6.06. The minimum atomic E-state index is 0.720. The second kappa shape index (κ2) is 7.57. The van der Waals surface area contributed by atoms with Crippen molar-refractivity contribution in [3.63, 3.8) is 0 Å². The minimum absolute atomic E-state index is 0.720. The molecule has 0 saturated carbocycles. The Morgan fingerprint density at radius 1 is 1.05 bits per heavy atom. The summed E-state index contributed by atoms with van der Waals surface area (Å²) < 4.78 is 5.67. The van der Waals surface area contributed by atoms with Gasteiger partial charge in [0, 0.05) is 5.56 Å². The molecule has 1 heterocycles. The molecule has 1 aromatic heterocycles. The highest BCUT2D eigenvalue weighted by atomic mass is 16.3. The molecule has 0 aliphatic carbocycles. The smallest absolute Gasteiger partial charge is 0.177 e.